The van der Waals surface area contributed by atoms with Gasteiger partial charge in [-0.1, -0.05) is 48.0 Å². The molecule has 3 aromatic rings. The molecule has 2 aliphatic rings. The third-order valence-electron chi connectivity index (χ3n) is 6.07. The maximum atomic E-state index is 14.0. The highest BCUT2D eigenvalue weighted by Crippen LogP contribution is 2.56. The molecular weight excluding hydrogens is 428 g/mol. The minimum Gasteiger partial charge on any atom is -0.304 e. The van der Waals surface area contributed by atoms with Crippen molar-refractivity contribution >= 4 is 46.6 Å². The molecule has 5 rings (SSSR count). The number of amides is 2. The molecule has 0 saturated carbocycles. The summed E-state index contributed by atoms with van der Waals surface area (Å²) < 4.78 is 0. The second kappa shape index (κ2) is 7.43. The molecular formula is C25H21ClN2O2S. The van der Waals surface area contributed by atoms with E-state index in [1.54, 1.807) is 9.80 Å². The average molecular weight is 449 g/mol. The Morgan fingerprint density at radius 2 is 1.71 bits per heavy atom. The number of hydrogen-bond donors (Lipinski definition) is 0. The SMILES string of the molecule is Cc1ccc(N2C(=O)CS[C@]23C(=O)N(Cc2ccc(Cl)cc2)c2ccccc23)cc1C. The van der Waals surface area contributed by atoms with Crippen molar-refractivity contribution in [1.82, 2.24) is 0 Å². The first-order chi connectivity index (χ1) is 14.9. The Labute approximate surface area is 190 Å². The van der Waals surface area contributed by atoms with Crippen molar-refractivity contribution in [1.29, 1.82) is 0 Å². The molecule has 0 aliphatic carbocycles. The van der Waals surface area contributed by atoms with Gasteiger partial charge in [-0.3, -0.25) is 14.5 Å². The third-order valence-corrected chi connectivity index (χ3v) is 7.70. The van der Waals surface area contributed by atoms with Gasteiger partial charge in [-0.2, -0.15) is 0 Å². The number of thioether (sulfide) groups is 1. The maximum Gasteiger partial charge on any atom is 0.269 e. The average Bonchev–Trinajstić information content (AvgIpc) is 3.23. The van der Waals surface area contributed by atoms with Gasteiger partial charge < -0.3 is 4.90 Å². The molecule has 0 bridgehead atoms. The summed E-state index contributed by atoms with van der Waals surface area (Å²) in [6.45, 7) is 4.49. The van der Waals surface area contributed by atoms with Crippen LogP contribution in [0.15, 0.2) is 66.7 Å². The summed E-state index contributed by atoms with van der Waals surface area (Å²) in [7, 11) is 0. The molecule has 2 amide bonds. The predicted octanol–water partition coefficient (Wildman–Crippen LogP) is 5.44. The van der Waals surface area contributed by atoms with Gasteiger partial charge in [0.15, 0.2) is 0 Å². The van der Waals surface area contributed by atoms with Crippen LogP contribution in [0.4, 0.5) is 11.4 Å². The molecule has 3 aromatic carbocycles. The van der Waals surface area contributed by atoms with Crippen LogP contribution < -0.4 is 9.80 Å². The van der Waals surface area contributed by atoms with Crippen LogP contribution in [0.3, 0.4) is 0 Å². The normalized spacial score (nSPS) is 20.1. The van der Waals surface area contributed by atoms with Crippen LogP contribution in [0.1, 0.15) is 22.3 Å². The smallest absolute Gasteiger partial charge is 0.269 e. The van der Waals surface area contributed by atoms with Gasteiger partial charge in [-0.15, -0.1) is 11.8 Å². The lowest BCUT2D eigenvalue weighted by Gasteiger charge is -2.33. The molecule has 0 N–H and O–H groups in total. The molecule has 4 nitrogen and oxygen atoms in total. The highest BCUT2D eigenvalue weighted by Gasteiger charge is 2.60. The van der Waals surface area contributed by atoms with E-state index in [9.17, 15) is 9.59 Å². The lowest BCUT2D eigenvalue weighted by molar-refractivity contribution is -0.123. The number of nitrogens with zero attached hydrogens (tertiary/aromatic N) is 2. The van der Waals surface area contributed by atoms with Crippen LogP contribution in [0, 0.1) is 13.8 Å². The summed E-state index contributed by atoms with van der Waals surface area (Å²) in [4.78, 5) is 29.5. The zero-order valence-electron chi connectivity index (χ0n) is 17.3. The summed E-state index contributed by atoms with van der Waals surface area (Å²) in [6.07, 6.45) is 0. The summed E-state index contributed by atoms with van der Waals surface area (Å²) in [5.74, 6) is 0.129. The van der Waals surface area contributed by atoms with E-state index in [1.165, 1.54) is 11.8 Å². The zero-order chi connectivity index (χ0) is 21.8. The molecule has 2 heterocycles. The highest BCUT2D eigenvalue weighted by atomic mass is 35.5. The quantitative estimate of drug-likeness (QED) is 0.536. The fourth-order valence-electron chi connectivity index (χ4n) is 4.35. The summed E-state index contributed by atoms with van der Waals surface area (Å²) in [5.41, 5.74) is 5.70. The number of fused-ring (bicyclic) bond motifs is 2. The second-order valence-electron chi connectivity index (χ2n) is 7.97. The zero-order valence-corrected chi connectivity index (χ0v) is 18.8. The van der Waals surface area contributed by atoms with Gasteiger partial charge in [0.1, 0.15) is 0 Å². The van der Waals surface area contributed by atoms with Crippen LogP contribution in [-0.2, 0) is 21.0 Å². The number of carbonyl (C=O) groups is 2. The molecule has 156 valence electrons. The Hall–Kier alpha value is -2.76. The summed E-state index contributed by atoms with van der Waals surface area (Å²) in [5, 5.41) is 0.659. The largest absolute Gasteiger partial charge is 0.304 e. The first-order valence-electron chi connectivity index (χ1n) is 10.1. The molecule has 0 aromatic heterocycles. The molecule has 2 aliphatic heterocycles. The molecule has 6 heteroatoms. The summed E-state index contributed by atoms with van der Waals surface area (Å²) in [6, 6.07) is 21.2. The van der Waals surface area contributed by atoms with E-state index >= 15 is 0 Å². The number of para-hydroxylation sites is 1. The van der Waals surface area contributed by atoms with E-state index in [4.69, 9.17) is 11.6 Å². The van der Waals surface area contributed by atoms with E-state index in [-0.39, 0.29) is 17.6 Å². The fraction of sp³-hybridized carbons (Fsp3) is 0.200. The first-order valence-corrected chi connectivity index (χ1v) is 11.5. The van der Waals surface area contributed by atoms with Gasteiger partial charge in [0.2, 0.25) is 10.8 Å². The predicted molar refractivity (Wildman–Crippen MR) is 127 cm³/mol. The molecule has 0 unspecified atom stereocenters. The van der Waals surface area contributed by atoms with Gasteiger partial charge in [0, 0.05) is 16.3 Å². The van der Waals surface area contributed by atoms with E-state index in [2.05, 4.69) is 0 Å². The highest BCUT2D eigenvalue weighted by molar-refractivity contribution is 8.02. The van der Waals surface area contributed by atoms with Crippen molar-refractivity contribution in [2.45, 2.75) is 25.3 Å². The molecule has 31 heavy (non-hydrogen) atoms. The van der Waals surface area contributed by atoms with Crippen LogP contribution in [0.2, 0.25) is 5.02 Å². The number of rotatable bonds is 3. The van der Waals surface area contributed by atoms with Gasteiger partial charge in [0.25, 0.3) is 5.91 Å². The number of benzene rings is 3. The van der Waals surface area contributed by atoms with Crippen LogP contribution in [-0.4, -0.2) is 17.6 Å². The van der Waals surface area contributed by atoms with E-state index in [1.807, 2.05) is 80.6 Å². The topological polar surface area (TPSA) is 40.6 Å². The molecule has 1 saturated heterocycles. The van der Waals surface area contributed by atoms with Gasteiger partial charge >= 0.3 is 0 Å². The lowest BCUT2D eigenvalue weighted by Crippen LogP contribution is -2.49. The van der Waals surface area contributed by atoms with E-state index < -0.39 is 4.87 Å². The Kier molecular flexibility index (Phi) is 4.83. The van der Waals surface area contributed by atoms with Crippen LogP contribution in [0.25, 0.3) is 0 Å². The molecule has 1 fully saturated rings. The number of carbonyl (C=O) groups excluding carboxylic acids is 2. The number of halogens is 1. The third kappa shape index (κ3) is 3.07. The van der Waals surface area contributed by atoms with E-state index in [0.29, 0.717) is 11.6 Å². The molecule has 1 atom stereocenters. The van der Waals surface area contributed by atoms with Crippen molar-refractivity contribution in [2.75, 3.05) is 15.6 Å². The second-order valence-corrected chi connectivity index (χ2v) is 9.57. The lowest BCUT2D eigenvalue weighted by atomic mass is 10.0. The molecule has 1 spiro atoms. The molecule has 0 radical (unpaired) electrons. The Balaban J connectivity index is 1.63. The van der Waals surface area contributed by atoms with Gasteiger partial charge in [-0.05, 0) is 60.9 Å². The standard InChI is InChI=1S/C25H21ClN2O2S/c1-16-7-12-20(13-17(16)2)28-23(29)15-31-25(28)21-5-3-4-6-22(21)27(24(25)30)14-18-8-10-19(26)11-9-18/h3-13H,14-15H2,1-2H3/t25-/m1/s1. The van der Waals surface area contributed by atoms with Crippen molar-refractivity contribution in [3.63, 3.8) is 0 Å². The van der Waals surface area contributed by atoms with Crippen molar-refractivity contribution in [3.05, 3.63) is 94.0 Å². The monoisotopic (exact) mass is 448 g/mol. The van der Waals surface area contributed by atoms with Crippen molar-refractivity contribution < 1.29 is 9.59 Å². The van der Waals surface area contributed by atoms with Crippen molar-refractivity contribution in [3.8, 4) is 0 Å². The van der Waals surface area contributed by atoms with Crippen LogP contribution in [0.5, 0.6) is 0 Å². The fourth-order valence-corrected chi connectivity index (χ4v) is 5.83. The maximum absolute atomic E-state index is 14.0. The Morgan fingerprint density at radius 3 is 2.45 bits per heavy atom. The summed E-state index contributed by atoms with van der Waals surface area (Å²) >= 11 is 7.44. The first kappa shape index (κ1) is 20.2. The minimum atomic E-state index is -1.08. The number of aryl methyl sites for hydroxylation is 2. The Bertz CT molecular complexity index is 1210. The van der Waals surface area contributed by atoms with Gasteiger partial charge in [-0.25, -0.2) is 0 Å². The van der Waals surface area contributed by atoms with Crippen molar-refractivity contribution in [2.24, 2.45) is 0 Å². The van der Waals surface area contributed by atoms with Gasteiger partial charge in [0.05, 0.1) is 18.0 Å². The Morgan fingerprint density at radius 1 is 0.968 bits per heavy atom. The minimum absolute atomic E-state index is 0.0512. The number of anilines is 2. The number of hydrogen-bond acceptors (Lipinski definition) is 3. The van der Waals surface area contributed by atoms with Crippen LogP contribution >= 0.6 is 23.4 Å². The van der Waals surface area contributed by atoms with E-state index in [0.717, 1.165) is 33.6 Å².